The molecule has 0 aromatic heterocycles. The largest absolute Gasteiger partial charge is 0.378 e. The Kier molecular flexibility index (Phi) is 5.04. The molecule has 0 spiro atoms. The van der Waals surface area contributed by atoms with Crippen LogP contribution in [0.25, 0.3) is 5.57 Å². The van der Waals surface area contributed by atoms with E-state index in [1.54, 1.807) is 4.90 Å². The fourth-order valence-corrected chi connectivity index (χ4v) is 4.62. The van der Waals surface area contributed by atoms with Crippen LogP contribution in [0.2, 0.25) is 0 Å². The molecule has 2 aliphatic heterocycles. The molecule has 5 heteroatoms. The van der Waals surface area contributed by atoms with Crippen molar-refractivity contribution in [2.45, 2.75) is 52.0 Å². The second-order valence-electron chi connectivity index (χ2n) is 7.91. The number of hydrogen-bond acceptors (Lipinski definition) is 4. The number of imide groups is 1. The molecule has 144 valence electrons. The van der Waals surface area contributed by atoms with Gasteiger partial charge in [-0.15, -0.1) is 0 Å². The first kappa shape index (κ1) is 18.2. The maximum Gasteiger partial charge on any atom is 0.278 e. The van der Waals surface area contributed by atoms with Crippen LogP contribution in [-0.2, 0) is 14.3 Å². The van der Waals surface area contributed by atoms with E-state index in [4.69, 9.17) is 4.74 Å². The third-order valence-corrected chi connectivity index (χ3v) is 6.01. The Morgan fingerprint density at radius 2 is 1.67 bits per heavy atom. The molecule has 0 atom stereocenters. The zero-order valence-corrected chi connectivity index (χ0v) is 16.3. The SMILES string of the molecule is Cc1ccc(C2=C(N3CCOCC3)C(=O)N(C3CCCCC3)C2=O)c(C)c1. The van der Waals surface area contributed by atoms with Crippen molar-refractivity contribution >= 4 is 17.4 Å². The average molecular weight is 368 g/mol. The van der Waals surface area contributed by atoms with Gasteiger partial charge in [0.25, 0.3) is 11.8 Å². The lowest BCUT2D eigenvalue weighted by Gasteiger charge is -2.32. The van der Waals surface area contributed by atoms with Crippen LogP contribution in [0, 0.1) is 13.8 Å². The van der Waals surface area contributed by atoms with Gasteiger partial charge in [0, 0.05) is 19.1 Å². The van der Waals surface area contributed by atoms with Gasteiger partial charge in [-0.1, -0.05) is 43.0 Å². The zero-order valence-electron chi connectivity index (χ0n) is 16.3. The fourth-order valence-electron chi connectivity index (χ4n) is 4.62. The smallest absolute Gasteiger partial charge is 0.278 e. The summed E-state index contributed by atoms with van der Waals surface area (Å²) in [5.41, 5.74) is 4.26. The van der Waals surface area contributed by atoms with Crippen molar-refractivity contribution in [3.63, 3.8) is 0 Å². The van der Waals surface area contributed by atoms with Gasteiger partial charge in [0.2, 0.25) is 0 Å². The summed E-state index contributed by atoms with van der Waals surface area (Å²) in [6, 6.07) is 6.14. The number of carbonyl (C=O) groups is 2. The number of carbonyl (C=O) groups excluding carboxylic acids is 2. The van der Waals surface area contributed by atoms with Gasteiger partial charge in [-0.05, 0) is 37.8 Å². The molecular formula is C22H28N2O3. The topological polar surface area (TPSA) is 49.9 Å². The van der Waals surface area contributed by atoms with Crippen LogP contribution in [0.4, 0.5) is 0 Å². The van der Waals surface area contributed by atoms with Crippen molar-refractivity contribution in [2.75, 3.05) is 26.3 Å². The van der Waals surface area contributed by atoms with Gasteiger partial charge in [0.1, 0.15) is 5.70 Å². The minimum absolute atomic E-state index is 0.0399. The Morgan fingerprint density at radius 1 is 0.963 bits per heavy atom. The second kappa shape index (κ2) is 7.47. The van der Waals surface area contributed by atoms with Crippen LogP contribution in [0.3, 0.4) is 0 Å². The number of aryl methyl sites for hydroxylation is 2. The third kappa shape index (κ3) is 3.29. The van der Waals surface area contributed by atoms with Crippen molar-refractivity contribution in [3.8, 4) is 0 Å². The van der Waals surface area contributed by atoms with Gasteiger partial charge in [0.05, 0.1) is 18.8 Å². The summed E-state index contributed by atoms with van der Waals surface area (Å²) >= 11 is 0. The van der Waals surface area contributed by atoms with Crippen molar-refractivity contribution in [2.24, 2.45) is 0 Å². The van der Waals surface area contributed by atoms with Crippen LogP contribution >= 0.6 is 0 Å². The highest BCUT2D eigenvalue weighted by Crippen LogP contribution is 2.37. The van der Waals surface area contributed by atoms with E-state index in [1.807, 2.05) is 26.0 Å². The monoisotopic (exact) mass is 368 g/mol. The molecule has 0 unspecified atom stereocenters. The lowest BCUT2D eigenvalue weighted by molar-refractivity contribution is -0.141. The number of nitrogens with zero attached hydrogens (tertiary/aromatic N) is 2. The Hall–Kier alpha value is -2.14. The Bertz CT molecular complexity index is 787. The van der Waals surface area contributed by atoms with Crippen molar-refractivity contribution in [1.29, 1.82) is 0 Å². The maximum atomic E-state index is 13.5. The summed E-state index contributed by atoms with van der Waals surface area (Å²) in [6.45, 7) is 6.56. The molecule has 5 nitrogen and oxygen atoms in total. The van der Waals surface area contributed by atoms with Crippen LogP contribution in [0.15, 0.2) is 23.9 Å². The maximum absolute atomic E-state index is 13.5. The minimum Gasteiger partial charge on any atom is -0.378 e. The molecular weight excluding hydrogens is 340 g/mol. The summed E-state index contributed by atoms with van der Waals surface area (Å²) in [5, 5.41) is 0. The first-order chi connectivity index (χ1) is 13.1. The van der Waals surface area contributed by atoms with E-state index in [0.717, 1.165) is 42.4 Å². The summed E-state index contributed by atoms with van der Waals surface area (Å²) in [4.78, 5) is 30.6. The molecule has 1 aromatic carbocycles. The quantitative estimate of drug-likeness (QED) is 0.770. The molecule has 0 N–H and O–H groups in total. The molecule has 1 aromatic rings. The summed E-state index contributed by atoms with van der Waals surface area (Å²) in [6.07, 6.45) is 5.23. The van der Waals surface area contributed by atoms with Crippen LogP contribution in [0.1, 0.15) is 48.8 Å². The molecule has 2 fully saturated rings. The standard InChI is InChI=1S/C22H28N2O3/c1-15-8-9-18(16(2)14-15)19-20(23-10-12-27-13-11-23)22(26)24(21(19)25)17-6-4-3-5-7-17/h8-9,14,17H,3-7,10-13H2,1-2H3. The molecule has 2 amide bonds. The highest BCUT2D eigenvalue weighted by molar-refractivity contribution is 6.36. The Morgan fingerprint density at radius 3 is 2.33 bits per heavy atom. The van der Waals surface area contributed by atoms with Gasteiger partial charge in [-0.3, -0.25) is 14.5 Å². The zero-order chi connectivity index (χ0) is 19.0. The van der Waals surface area contributed by atoms with Crippen molar-refractivity contribution in [3.05, 3.63) is 40.6 Å². The van der Waals surface area contributed by atoms with Gasteiger partial charge in [-0.25, -0.2) is 0 Å². The van der Waals surface area contributed by atoms with E-state index in [0.29, 0.717) is 37.6 Å². The van der Waals surface area contributed by atoms with Crippen molar-refractivity contribution < 1.29 is 14.3 Å². The van der Waals surface area contributed by atoms with E-state index < -0.39 is 0 Å². The number of ether oxygens (including phenoxy) is 1. The van der Waals surface area contributed by atoms with E-state index in [1.165, 1.54) is 6.42 Å². The molecule has 0 radical (unpaired) electrons. The lowest BCUT2D eigenvalue weighted by atomic mass is 9.94. The molecule has 27 heavy (non-hydrogen) atoms. The Balaban J connectivity index is 1.79. The van der Waals surface area contributed by atoms with E-state index in [9.17, 15) is 9.59 Å². The van der Waals surface area contributed by atoms with Gasteiger partial charge >= 0.3 is 0 Å². The van der Waals surface area contributed by atoms with Crippen LogP contribution in [0.5, 0.6) is 0 Å². The molecule has 1 saturated carbocycles. The minimum atomic E-state index is -0.111. The summed E-state index contributed by atoms with van der Waals surface area (Å²) in [5.74, 6) is -0.218. The highest BCUT2D eigenvalue weighted by Gasteiger charge is 2.45. The molecule has 4 rings (SSSR count). The van der Waals surface area contributed by atoms with E-state index >= 15 is 0 Å². The number of benzene rings is 1. The summed E-state index contributed by atoms with van der Waals surface area (Å²) in [7, 11) is 0. The highest BCUT2D eigenvalue weighted by atomic mass is 16.5. The predicted molar refractivity (Wildman–Crippen MR) is 104 cm³/mol. The fraction of sp³-hybridized carbons (Fsp3) is 0.545. The molecule has 3 aliphatic rings. The third-order valence-electron chi connectivity index (χ3n) is 6.01. The molecule has 1 aliphatic carbocycles. The van der Waals surface area contributed by atoms with Gasteiger partial charge < -0.3 is 9.64 Å². The number of morpholine rings is 1. The van der Waals surface area contributed by atoms with Gasteiger partial charge in [0.15, 0.2) is 0 Å². The van der Waals surface area contributed by atoms with Gasteiger partial charge in [-0.2, -0.15) is 0 Å². The number of hydrogen-bond donors (Lipinski definition) is 0. The van der Waals surface area contributed by atoms with Crippen LogP contribution < -0.4 is 0 Å². The first-order valence-corrected chi connectivity index (χ1v) is 10.1. The lowest BCUT2D eigenvalue weighted by Crippen LogP contribution is -2.45. The number of amides is 2. The predicted octanol–water partition coefficient (Wildman–Crippen LogP) is 3.05. The number of rotatable bonds is 3. The molecule has 1 saturated heterocycles. The average Bonchev–Trinajstić information content (AvgIpc) is 2.93. The van der Waals surface area contributed by atoms with E-state index in [-0.39, 0.29) is 17.9 Å². The normalized spacial score (nSPS) is 22.1. The Labute approximate surface area is 161 Å². The molecule has 2 heterocycles. The first-order valence-electron chi connectivity index (χ1n) is 10.1. The second-order valence-corrected chi connectivity index (χ2v) is 7.91. The molecule has 0 bridgehead atoms. The van der Waals surface area contributed by atoms with Crippen molar-refractivity contribution in [1.82, 2.24) is 9.80 Å². The summed E-state index contributed by atoms with van der Waals surface area (Å²) < 4.78 is 5.47. The van der Waals surface area contributed by atoms with Crippen LogP contribution in [-0.4, -0.2) is 54.0 Å². The van der Waals surface area contributed by atoms with E-state index in [2.05, 4.69) is 11.0 Å².